The number of aromatic nitrogens is 2. The van der Waals surface area contributed by atoms with Gasteiger partial charge in [0.15, 0.2) is 0 Å². The molecule has 26 heavy (non-hydrogen) atoms. The van der Waals surface area contributed by atoms with E-state index in [0.29, 0.717) is 6.42 Å². The average Bonchev–Trinajstić information content (AvgIpc) is 3.15. The number of likely N-dealkylation sites (tertiary alicyclic amines) is 1. The fourth-order valence-corrected chi connectivity index (χ4v) is 3.79. The van der Waals surface area contributed by atoms with Gasteiger partial charge < -0.3 is 9.80 Å². The number of hydrogen-bond acceptors (Lipinski definition) is 3. The number of rotatable bonds is 7. The van der Waals surface area contributed by atoms with E-state index in [-0.39, 0.29) is 11.9 Å². The molecule has 0 saturated carbocycles. The van der Waals surface area contributed by atoms with Crippen molar-refractivity contribution < 1.29 is 4.79 Å². The molecule has 2 aromatic rings. The van der Waals surface area contributed by atoms with Gasteiger partial charge in [-0.3, -0.25) is 9.89 Å². The van der Waals surface area contributed by atoms with Crippen LogP contribution in [0, 0.1) is 0 Å². The molecule has 0 radical (unpaired) electrons. The molecule has 1 aliphatic heterocycles. The van der Waals surface area contributed by atoms with Crippen LogP contribution in [0.25, 0.3) is 0 Å². The molecule has 1 amide bonds. The average molecular weight is 354 g/mol. The predicted octanol–water partition coefficient (Wildman–Crippen LogP) is 3.55. The number of H-pyrrole nitrogens is 1. The number of carbonyl (C=O) groups is 1. The SMILES string of the molecule is CN(C)Cc1ccc([C@H]2CCCCN2C(=O)CCCc2cn[nH]c2)cc1. The largest absolute Gasteiger partial charge is 0.336 e. The van der Waals surface area contributed by atoms with E-state index in [9.17, 15) is 4.79 Å². The Morgan fingerprint density at radius 2 is 2.04 bits per heavy atom. The Hall–Kier alpha value is -2.14. The summed E-state index contributed by atoms with van der Waals surface area (Å²) in [5.41, 5.74) is 3.76. The first-order chi connectivity index (χ1) is 12.6. The van der Waals surface area contributed by atoms with Gasteiger partial charge >= 0.3 is 0 Å². The second kappa shape index (κ2) is 8.99. The Balaban J connectivity index is 1.60. The molecular weight excluding hydrogens is 324 g/mol. The molecule has 2 heterocycles. The molecule has 0 unspecified atom stereocenters. The summed E-state index contributed by atoms with van der Waals surface area (Å²) in [7, 11) is 4.16. The van der Waals surface area contributed by atoms with Crippen LogP contribution < -0.4 is 0 Å². The lowest BCUT2D eigenvalue weighted by Gasteiger charge is -2.36. The summed E-state index contributed by atoms with van der Waals surface area (Å²) in [5.74, 6) is 0.288. The molecule has 1 atom stereocenters. The van der Waals surface area contributed by atoms with Gasteiger partial charge in [0.05, 0.1) is 12.2 Å². The second-order valence-corrected chi connectivity index (χ2v) is 7.54. The number of amides is 1. The Bertz CT molecular complexity index is 679. The lowest BCUT2D eigenvalue weighted by molar-refractivity contribution is -0.135. The highest BCUT2D eigenvalue weighted by Gasteiger charge is 2.27. The Kier molecular flexibility index (Phi) is 6.45. The van der Waals surface area contributed by atoms with E-state index in [2.05, 4.69) is 58.4 Å². The van der Waals surface area contributed by atoms with Crippen molar-refractivity contribution in [2.24, 2.45) is 0 Å². The zero-order chi connectivity index (χ0) is 18.4. The molecule has 1 N–H and O–H groups in total. The summed E-state index contributed by atoms with van der Waals surface area (Å²) in [4.78, 5) is 17.1. The number of aromatic amines is 1. The van der Waals surface area contributed by atoms with Gasteiger partial charge in [-0.2, -0.15) is 5.10 Å². The van der Waals surface area contributed by atoms with Crippen LogP contribution in [-0.4, -0.2) is 46.5 Å². The molecule has 0 aliphatic carbocycles. The fourth-order valence-electron chi connectivity index (χ4n) is 3.79. The summed E-state index contributed by atoms with van der Waals surface area (Å²) in [6, 6.07) is 9.05. The normalized spacial score (nSPS) is 17.7. The first-order valence-electron chi connectivity index (χ1n) is 9.64. The number of carbonyl (C=O) groups excluding carboxylic acids is 1. The van der Waals surface area contributed by atoms with Crippen LogP contribution in [0.15, 0.2) is 36.7 Å². The summed E-state index contributed by atoms with van der Waals surface area (Å²) in [6.45, 7) is 1.83. The number of nitrogens with one attached hydrogen (secondary N) is 1. The standard InChI is InChI=1S/C21H30N4O/c1-24(2)16-17-9-11-19(12-10-17)20-7-3-4-13-25(20)21(26)8-5-6-18-14-22-23-15-18/h9-12,14-15,20H,3-8,13,16H2,1-2H3,(H,22,23)/t20-/m1/s1. The van der Waals surface area contributed by atoms with Crippen molar-refractivity contribution >= 4 is 5.91 Å². The quantitative estimate of drug-likeness (QED) is 0.827. The number of piperidine rings is 1. The molecule has 5 heteroatoms. The smallest absolute Gasteiger partial charge is 0.223 e. The Morgan fingerprint density at radius 1 is 1.23 bits per heavy atom. The lowest BCUT2D eigenvalue weighted by atomic mass is 9.94. The summed E-state index contributed by atoms with van der Waals surface area (Å²) < 4.78 is 0. The van der Waals surface area contributed by atoms with E-state index < -0.39 is 0 Å². The van der Waals surface area contributed by atoms with E-state index in [1.807, 2.05) is 12.4 Å². The number of aryl methyl sites for hydroxylation is 1. The maximum absolute atomic E-state index is 12.8. The van der Waals surface area contributed by atoms with Gasteiger partial charge in [-0.15, -0.1) is 0 Å². The van der Waals surface area contributed by atoms with Crippen LogP contribution in [0.2, 0.25) is 0 Å². The van der Waals surface area contributed by atoms with E-state index >= 15 is 0 Å². The highest BCUT2D eigenvalue weighted by atomic mass is 16.2. The van der Waals surface area contributed by atoms with Crippen LogP contribution in [-0.2, 0) is 17.8 Å². The highest BCUT2D eigenvalue weighted by Crippen LogP contribution is 2.31. The van der Waals surface area contributed by atoms with Crippen molar-refractivity contribution in [2.45, 2.75) is 51.1 Å². The minimum absolute atomic E-state index is 0.235. The van der Waals surface area contributed by atoms with Crippen molar-refractivity contribution in [3.8, 4) is 0 Å². The molecule has 1 saturated heterocycles. The van der Waals surface area contributed by atoms with Gasteiger partial charge in [0, 0.05) is 25.7 Å². The number of hydrogen-bond donors (Lipinski definition) is 1. The molecule has 1 aromatic carbocycles. The third kappa shape index (κ3) is 4.94. The first kappa shape index (κ1) is 18.6. The van der Waals surface area contributed by atoms with E-state index in [1.54, 1.807) is 0 Å². The second-order valence-electron chi connectivity index (χ2n) is 7.54. The van der Waals surface area contributed by atoms with Crippen LogP contribution in [0.3, 0.4) is 0 Å². The van der Waals surface area contributed by atoms with E-state index in [1.165, 1.54) is 23.1 Å². The lowest BCUT2D eigenvalue weighted by Crippen LogP contribution is -2.38. The number of nitrogens with zero attached hydrogens (tertiary/aromatic N) is 3. The maximum Gasteiger partial charge on any atom is 0.223 e. The zero-order valence-corrected chi connectivity index (χ0v) is 15.9. The van der Waals surface area contributed by atoms with Crippen molar-refractivity contribution in [1.82, 2.24) is 20.0 Å². The van der Waals surface area contributed by atoms with Gasteiger partial charge in [0.2, 0.25) is 5.91 Å². The number of benzene rings is 1. The van der Waals surface area contributed by atoms with Crippen molar-refractivity contribution in [3.63, 3.8) is 0 Å². The molecule has 1 fully saturated rings. The summed E-state index contributed by atoms with van der Waals surface area (Å²) >= 11 is 0. The molecule has 140 valence electrons. The summed E-state index contributed by atoms with van der Waals surface area (Å²) in [5, 5.41) is 6.79. The van der Waals surface area contributed by atoms with Gasteiger partial charge in [0.25, 0.3) is 0 Å². The van der Waals surface area contributed by atoms with Crippen molar-refractivity contribution in [2.75, 3.05) is 20.6 Å². The monoisotopic (exact) mass is 354 g/mol. The van der Waals surface area contributed by atoms with E-state index in [4.69, 9.17) is 0 Å². The fraction of sp³-hybridized carbons (Fsp3) is 0.524. The highest BCUT2D eigenvalue weighted by molar-refractivity contribution is 5.76. The minimum Gasteiger partial charge on any atom is -0.336 e. The van der Waals surface area contributed by atoms with Crippen LogP contribution in [0.1, 0.15) is 54.8 Å². The predicted molar refractivity (Wildman–Crippen MR) is 104 cm³/mol. The van der Waals surface area contributed by atoms with Gasteiger partial charge in [-0.05, 0) is 62.9 Å². The van der Waals surface area contributed by atoms with Crippen molar-refractivity contribution in [3.05, 3.63) is 53.3 Å². The molecule has 3 rings (SSSR count). The molecule has 1 aliphatic rings. The molecule has 5 nitrogen and oxygen atoms in total. The molecule has 0 spiro atoms. The van der Waals surface area contributed by atoms with E-state index in [0.717, 1.165) is 38.8 Å². The third-order valence-corrected chi connectivity index (χ3v) is 5.10. The minimum atomic E-state index is 0.235. The molecular formula is C21H30N4O. The molecule has 1 aromatic heterocycles. The topological polar surface area (TPSA) is 52.2 Å². The Labute approximate surface area is 156 Å². The maximum atomic E-state index is 12.8. The van der Waals surface area contributed by atoms with Crippen LogP contribution >= 0.6 is 0 Å². The zero-order valence-electron chi connectivity index (χ0n) is 15.9. The summed E-state index contributed by atoms with van der Waals surface area (Å²) in [6.07, 6.45) is 9.52. The van der Waals surface area contributed by atoms with Crippen molar-refractivity contribution in [1.29, 1.82) is 0 Å². The first-order valence-corrected chi connectivity index (χ1v) is 9.64. The van der Waals surface area contributed by atoms with Gasteiger partial charge in [-0.25, -0.2) is 0 Å². The van der Waals surface area contributed by atoms with Crippen LogP contribution in [0.4, 0.5) is 0 Å². The van der Waals surface area contributed by atoms with Gasteiger partial charge in [-0.1, -0.05) is 24.3 Å². The van der Waals surface area contributed by atoms with Gasteiger partial charge in [0.1, 0.15) is 0 Å². The molecule has 0 bridgehead atoms. The Morgan fingerprint density at radius 3 is 2.73 bits per heavy atom. The van der Waals surface area contributed by atoms with Crippen LogP contribution in [0.5, 0.6) is 0 Å². The third-order valence-electron chi connectivity index (χ3n) is 5.10.